The van der Waals surface area contributed by atoms with E-state index in [4.69, 9.17) is 16.2 Å². The van der Waals surface area contributed by atoms with Crippen LogP contribution < -0.4 is 16.2 Å². The van der Waals surface area contributed by atoms with Crippen LogP contribution in [0.1, 0.15) is 46.3 Å². The minimum absolute atomic E-state index is 0.0482. The number of imidazole rings is 1. The van der Waals surface area contributed by atoms with E-state index >= 15 is 0 Å². The van der Waals surface area contributed by atoms with Crippen molar-refractivity contribution in [2.24, 2.45) is 16.6 Å². The van der Waals surface area contributed by atoms with Gasteiger partial charge in [0.05, 0.1) is 16.6 Å². The monoisotopic (exact) mass is 545 g/mol. The van der Waals surface area contributed by atoms with Crippen molar-refractivity contribution < 1.29 is 32.3 Å². The number of carbonyl (C=O) groups excluding carboxylic acids is 2. The number of amidine groups is 1. The number of amides is 1. The van der Waals surface area contributed by atoms with Crippen LogP contribution in [0.4, 0.5) is 13.2 Å². The fourth-order valence-corrected chi connectivity index (χ4v) is 4.73. The number of benzene rings is 2. The summed E-state index contributed by atoms with van der Waals surface area (Å²) < 4.78 is 48.1. The van der Waals surface area contributed by atoms with Gasteiger partial charge < -0.3 is 21.0 Å². The SMILES string of the molecule is CC(=O)O/N=C(\N)Cc1ccc2ncn(-c3cc(O[C@H](C)c4ccccc4C(F)(F)F)c(C(N)=O)s3)c2c1. The third kappa shape index (κ3) is 5.78. The maximum Gasteiger partial charge on any atom is 0.416 e. The van der Waals surface area contributed by atoms with Crippen LogP contribution in [-0.2, 0) is 22.2 Å². The Labute approximate surface area is 218 Å². The van der Waals surface area contributed by atoms with Crippen LogP contribution in [-0.4, -0.2) is 27.3 Å². The molecular weight excluding hydrogens is 523 g/mol. The fourth-order valence-electron chi connectivity index (χ4n) is 3.81. The van der Waals surface area contributed by atoms with Crippen molar-refractivity contribution in [2.45, 2.75) is 32.5 Å². The summed E-state index contributed by atoms with van der Waals surface area (Å²) in [6, 6.07) is 12.0. The van der Waals surface area contributed by atoms with Crippen molar-refractivity contribution in [3.05, 3.63) is 76.4 Å². The maximum atomic E-state index is 13.5. The van der Waals surface area contributed by atoms with Gasteiger partial charge in [0.2, 0.25) is 0 Å². The van der Waals surface area contributed by atoms with Crippen LogP contribution >= 0.6 is 11.3 Å². The molecule has 1 atom stereocenters. The summed E-state index contributed by atoms with van der Waals surface area (Å²) in [4.78, 5) is 32.1. The Bertz CT molecular complexity index is 1540. The van der Waals surface area contributed by atoms with Gasteiger partial charge in [0.25, 0.3) is 5.91 Å². The van der Waals surface area contributed by atoms with Gasteiger partial charge in [-0.3, -0.25) is 9.36 Å². The van der Waals surface area contributed by atoms with E-state index in [2.05, 4.69) is 15.0 Å². The highest BCUT2D eigenvalue weighted by Crippen LogP contribution is 2.39. The lowest BCUT2D eigenvalue weighted by atomic mass is 10.0. The number of carbonyl (C=O) groups is 2. The molecule has 0 unspecified atom stereocenters. The van der Waals surface area contributed by atoms with Crippen molar-refractivity contribution in [2.75, 3.05) is 0 Å². The Morgan fingerprint density at radius 1 is 1.16 bits per heavy atom. The number of ether oxygens (including phenoxy) is 1. The van der Waals surface area contributed by atoms with Gasteiger partial charge in [-0.05, 0) is 30.7 Å². The number of oxime groups is 1. The summed E-state index contributed by atoms with van der Waals surface area (Å²) in [7, 11) is 0. The number of fused-ring (bicyclic) bond motifs is 1. The molecule has 0 bridgehead atoms. The number of primary amides is 1. The average molecular weight is 546 g/mol. The van der Waals surface area contributed by atoms with E-state index in [1.807, 2.05) is 0 Å². The maximum absolute atomic E-state index is 13.5. The highest BCUT2D eigenvalue weighted by molar-refractivity contribution is 7.16. The van der Waals surface area contributed by atoms with E-state index in [1.54, 1.807) is 22.8 Å². The van der Waals surface area contributed by atoms with Crippen LogP contribution in [0, 0.1) is 0 Å². The Balaban J connectivity index is 1.68. The zero-order chi connectivity index (χ0) is 27.6. The molecule has 4 aromatic rings. The lowest BCUT2D eigenvalue weighted by molar-refractivity contribution is -0.141. The molecule has 0 aliphatic rings. The smallest absolute Gasteiger partial charge is 0.416 e. The van der Waals surface area contributed by atoms with Crippen molar-refractivity contribution in [1.82, 2.24) is 9.55 Å². The van der Waals surface area contributed by atoms with Crippen molar-refractivity contribution in [3.8, 4) is 10.8 Å². The molecule has 0 aliphatic heterocycles. The molecule has 0 radical (unpaired) electrons. The van der Waals surface area contributed by atoms with Crippen molar-refractivity contribution in [3.63, 3.8) is 0 Å². The van der Waals surface area contributed by atoms with Gasteiger partial charge >= 0.3 is 12.1 Å². The van der Waals surface area contributed by atoms with E-state index in [9.17, 15) is 22.8 Å². The second-order valence-electron chi connectivity index (χ2n) is 8.27. The number of thiophene rings is 1. The lowest BCUT2D eigenvalue weighted by Crippen LogP contribution is -2.16. The highest BCUT2D eigenvalue weighted by atomic mass is 32.1. The number of aromatic nitrogens is 2. The standard InChI is InChI=1S/C25H22F3N5O4S/c1-13(16-5-3-4-6-17(16)25(26,27)28)36-20-11-22(38-23(20)24(30)35)33-12-31-18-8-7-15(9-19(18)33)10-21(29)32-37-14(2)34/h3-9,11-13H,10H2,1-2H3,(H2,29,32)(H2,30,35)/t13-/m1/s1. The van der Waals surface area contributed by atoms with E-state index in [0.29, 0.717) is 16.0 Å². The van der Waals surface area contributed by atoms with Gasteiger partial charge in [-0.1, -0.05) is 29.4 Å². The molecule has 2 aromatic heterocycles. The fraction of sp³-hybridized carbons (Fsp3) is 0.200. The molecule has 2 aromatic carbocycles. The second kappa shape index (κ2) is 10.5. The summed E-state index contributed by atoms with van der Waals surface area (Å²) in [6.45, 7) is 2.67. The molecule has 0 saturated heterocycles. The Morgan fingerprint density at radius 2 is 1.89 bits per heavy atom. The molecule has 9 nitrogen and oxygen atoms in total. The van der Waals surface area contributed by atoms with Gasteiger partial charge in [0.15, 0.2) is 0 Å². The van der Waals surface area contributed by atoms with Crippen LogP contribution in [0.3, 0.4) is 0 Å². The Kier molecular flexibility index (Phi) is 7.39. The zero-order valence-corrected chi connectivity index (χ0v) is 21.0. The quantitative estimate of drug-likeness (QED) is 0.142. The topological polar surface area (TPSA) is 135 Å². The molecule has 1 amide bonds. The second-order valence-corrected chi connectivity index (χ2v) is 9.30. The van der Waals surface area contributed by atoms with Crippen LogP contribution in [0.2, 0.25) is 0 Å². The molecule has 4 rings (SSSR count). The molecule has 13 heteroatoms. The van der Waals surface area contributed by atoms with E-state index < -0.39 is 29.7 Å². The normalized spacial score (nSPS) is 12.9. The number of hydrogen-bond donors (Lipinski definition) is 2. The van der Waals surface area contributed by atoms with Gasteiger partial charge in [0, 0.05) is 25.0 Å². The summed E-state index contributed by atoms with van der Waals surface area (Å²) in [5.41, 5.74) is 12.5. The highest BCUT2D eigenvalue weighted by Gasteiger charge is 2.35. The third-order valence-electron chi connectivity index (χ3n) is 5.44. The number of halogens is 3. The number of rotatable bonds is 8. The summed E-state index contributed by atoms with van der Waals surface area (Å²) in [5.74, 6) is -1.25. The van der Waals surface area contributed by atoms with Crippen LogP contribution in [0.15, 0.2) is 60.0 Å². The largest absolute Gasteiger partial charge is 0.484 e. The van der Waals surface area contributed by atoms with Gasteiger partial charge in [-0.25, -0.2) is 9.78 Å². The average Bonchev–Trinajstić information content (AvgIpc) is 3.46. The van der Waals surface area contributed by atoms with Crippen LogP contribution in [0.25, 0.3) is 16.0 Å². The molecule has 0 aliphatic carbocycles. The van der Waals surface area contributed by atoms with Crippen LogP contribution in [0.5, 0.6) is 5.75 Å². The molecular formula is C25H22F3N5O4S. The lowest BCUT2D eigenvalue weighted by Gasteiger charge is -2.19. The first kappa shape index (κ1) is 26.7. The van der Waals surface area contributed by atoms with E-state index in [0.717, 1.165) is 23.0 Å². The number of alkyl halides is 3. The van der Waals surface area contributed by atoms with Gasteiger partial charge in [-0.2, -0.15) is 13.2 Å². The minimum Gasteiger partial charge on any atom is -0.484 e. The number of hydrogen-bond acceptors (Lipinski definition) is 7. The minimum atomic E-state index is -4.57. The molecule has 2 heterocycles. The number of nitrogens with two attached hydrogens (primary N) is 2. The molecule has 38 heavy (non-hydrogen) atoms. The zero-order valence-electron chi connectivity index (χ0n) is 20.2. The predicted molar refractivity (Wildman–Crippen MR) is 135 cm³/mol. The molecule has 4 N–H and O–H groups in total. The van der Waals surface area contributed by atoms with Gasteiger partial charge in [0.1, 0.15) is 33.9 Å². The van der Waals surface area contributed by atoms with E-state index in [-0.39, 0.29) is 28.4 Å². The first-order valence-corrected chi connectivity index (χ1v) is 12.0. The first-order chi connectivity index (χ1) is 17.9. The van der Waals surface area contributed by atoms with Crippen molar-refractivity contribution >= 4 is 40.1 Å². The Morgan fingerprint density at radius 3 is 2.58 bits per heavy atom. The van der Waals surface area contributed by atoms with Crippen molar-refractivity contribution in [1.29, 1.82) is 0 Å². The number of nitrogens with zero attached hydrogens (tertiary/aromatic N) is 3. The summed E-state index contributed by atoms with van der Waals surface area (Å²) in [6.07, 6.45) is -3.87. The molecule has 198 valence electrons. The predicted octanol–water partition coefficient (Wildman–Crippen LogP) is 4.72. The molecule has 0 spiro atoms. The third-order valence-corrected chi connectivity index (χ3v) is 6.57. The summed E-state index contributed by atoms with van der Waals surface area (Å²) >= 11 is 1.01. The molecule has 0 fully saturated rings. The first-order valence-electron chi connectivity index (χ1n) is 11.2. The Hall–Kier alpha value is -4.39. The summed E-state index contributed by atoms with van der Waals surface area (Å²) in [5, 5.41) is 4.07. The molecule has 0 saturated carbocycles. The van der Waals surface area contributed by atoms with E-state index in [1.165, 1.54) is 44.4 Å². The van der Waals surface area contributed by atoms with Gasteiger partial charge in [-0.15, -0.1) is 11.3 Å².